The van der Waals surface area contributed by atoms with Gasteiger partial charge in [-0.05, 0) is 33.4 Å². The summed E-state index contributed by atoms with van der Waals surface area (Å²) in [6.45, 7) is 10.5. The van der Waals surface area contributed by atoms with Gasteiger partial charge < -0.3 is 0 Å². The Labute approximate surface area is 139 Å². The molecular weight excluding hydrogens is 313 g/mol. The molecule has 0 amide bonds. The molecule has 0 N–H and O–H groups in total. The van der Waals surface area contributed by atoms with Gasteiger partial charge in [0.1, 0.15) is 6.10 Å². The second-order valence-electron chi connectivity index (χ2n) is 5.19. The summed E-state index contributed by atoms with van der Waals surface area (Å²) < 4.78 is 29.2. The van der Waals surface area contributed by atoms with Crippen LogP contribution in [0.4, 0.5) is 0 Å². The van der Waals surface area contributed by atoms with Crippen molar-refractivity contribution in [1.29, 1.82) is 0 Å². The Morgan fingerprint density at radius 1 is 1.22 bits per heavy atom. The van der Waals surface area contributed by atoms with Gasteiger partial charge in [0.05, 0.1) is 13.2 Å². The van der Waals surface area contributed by atoms with Crippen molar-refractivity contribution >= 4 is 7.82 Å². The van der Waals surface area contributed by atoms with Gasteiger partial charge in [0, 0.05) is 12.6 Å². The third kappa shape index (κ3) is 6.21. The number of nitrogens with zero attached hydrogens (tertiary/aromatic N) is 1. The van der Waals surface area contributed by atoms with Crippen LogP contribution in [0, 0.1) is 0 Å². The molecule has 130 valence electrons. The largest absolute Gasteiger partial charge is 0.475 e. The number of phosphoric ester groups is 1. The van der Waals surface area contributed by atoms with Gasteiger partial charge in [-0.1, -0.05) is 36.4 Å². The Morgan fingerprint density at radius 2 is 1.78 bits per heavy atom. The smallest absolute Gasteiger partial charge is 0.297 e. The van der Waals surface area contributed by atoms with Crippen LogP contribution in [0.5, 0.6) is 0 Å². The molecule has 23 heavy (non-hydrogen) atoms. The average molecular weight is 341 g/mol. The fourth-order valence-corrected chi connectivity index (χ4v) is 3.63. The SMILES string of the molecule is C=CCN(C)C(C)C(OP(=O)(OCC)OCC)c1ccccc1. The van der Waals surface area contributed by atoms with Gasteiger partial charge >= 0.3 is 7.82 Å². The topological polar surface area (TPSA) is 48.0 Å². The Balaban J connectivity index is 3.08. The molecule has 5 nitrogen and oxygen atoms in total. The Kier molecular flexibility index (Phi) is 8.74. The quantitative estimate of drug-likeness (QED) is 0.440. The van der Waals surface area contributed by atoms with Crippen molar-refractivity contribution in [3.63, 3.8) is 0 Å². The zero-order valence-electron chi connectivity index (χ0n) is 14.5. The second kappa shape index (κ2) is 10.0. The molecule has 0 saturated carbocycles. The summed E-state index contributed by atoms with van der Waals surface area (Å²) in [5, 5.41) is 0. The molecule has 6 heteroatoms. The molecule has 2 atom stereocenters. The molecule has 0 heterocycles. The highest BCUT2D eigenvalue weighted by Crippen LogP contribution is 2.53. The van der Waals surface area contributed by atoms with E-state index in [0.717, 1.165) is 5.56 Å². The Bertz CT molecular complexity index is 499. The van der Waals surface area contributed by atoms with Crippen LogP contribution in [-0.4, -0.2) is 37.7 Å². The fourth-order valence-electron chi connectivity index (χ4n) is 2.22. The number of benzene rings is 1. The van der Waals surface area contributed by atoms with Gasteiger partial charge in [0.25, 0.3) is 0 Å². The van der Waals surface area contributed by atoms with E-state index in [1.807, 2.05) is 50.4 Å². The van der Waals surface area contributed by atoms with Crippen molar-refractivity contribution in [2.75, 3.05) is 26.8 Å². The highest BCUT2D eigenvalue weighted by Gasteiger charge is 2.34. The lowest BCUT2D eigenvalue weighted by atomic mass is 10.0. The van der Waals surface area contributed by atoms with E-state index in [2.05, 4.69) is 11.5 Å². The van der Waals surface area contributed by atoms with Crippen LogP contribution in [0.15, 0.2) is 43.0 Å². The number of hydrogen-bond donors (Lipinski definition) is 0. The van der Waals surface area contributed by atoms with Crippen LogP contribution in [0.1, 0.15) is 32.4 Å². The number of hydrogen-bond acceptors (Lipinski definition) is 5. The molecule has 0 bridgehead atoms. The molecule has 2 unspecified atom stereocenters. The molecule has 0 radical (unpaired) electrons. The van der Waals surface area contributed by atoms with Crippen LogP contribution in [0.25, 0.3) is 0 Å². The number of likely N-dealkylation sites (N-methyl/N-ethyl adjacent to an activating group) is 1. The average Bonchev–Trinajstić information content (AvgIpc) is 2.53. The summed E-state index contributed by atoms with van der Waals surface area (Å²) in [7, 11) is -1.64. The van der Waals surface area contributed by atoms with E-state index in [9.17, 15) is 4.57 Å². The van der Waals surface area contributed by atoms with Gasteiger partial charge in [-0.2, -0.15) is 0 Å². The van der Waals surface area contributed by atoms with Crippen LogP contribution < -0.4 is 0 Å². The maximum absolute atomic E-state index is 12.8. The summed E-state index contributed by atoms with van der Waals surface area (Å²) in [6, 6.07) is 9.65. The summed E-state index contributed by atoms with van der Waals surface area (Å²) in [5.74, 6) is 0. The monoisotopic (exact) mass is 341 g/mol. The fraction of sp³-hybridized carbons (Fsp3) is 0.529. The highest BCUT2D eigenvalue weighted by molar-refractivity contribution is 7.48. The highest BCUT2D eigenvalue weighted by atomic mass is 31.2. The summed E-state index contributed by atoms with van der Waals surface area (Å²) in [5.41, 5.74) is 0.926. The molecule has 0 aromatic heterocycles. The third-order valence-electron chi connectivity index (χ3n) is 3.50. The lowest BCUT2D eigenvalue weighted by Crippen LogP contribution is -2.35. The second-order valence-corrected chi connectivity index (χ2v) is 6.81. The molecule has 0 fully saturated rings. The third-order valence-corrected chi connectivity index (χ3v) is 5.13. The molecule has 0 aliphatic heterocycles. The minimum Gasteiger partial charge on any atom is -0.297 e. The van der Waals surface area contributed by atoms with E-state index in [1.165, 1.54) is 0 Å². The van der Waals surface area contributed by atoms with Crippen molar-refractivity contribution in [1.82, 2.24) is 4.90 Å². The zero-order chi connectivity index (χ0) is 17.3. The number of rotatable bonds is 11. The van der Waals surface area contributed by atoms with E-state index >= 15 is 0 Å². The summed E-state index contributed by atoms with van der Waals surface area (Å²) in [4.78, 5) is 2.08. The normalized spacial score (nSPS) is 14.7. The van der Waals surface area contributed by atoms with Crippen molar-refractivity contribution < 1.29 is 18.1 Å². The lowest BCUT2D eigenvalue weighted by molar-refractivity contribution is 0.0415. The first-order valence-corrected chi connectivity index (χ1v) is 9.37. The van der Waals surface area contributed by atoms with Gasteiger partial charge in [0.2, 0.25) is 0 Å². The van der Waals surface area contributed by atoms with E-state index in [1.54, 1.807) is 13.8 Å². The first-order chi connectivity index (χ1) is 11.0. The first kappa shape index (κ1) is 20.1. The molecular formula is C17H28NO4P. The van der Waals surface area contributed by atoms with E-state index in [-0.39, 0.29) is 19.3 Å². The van der Waals surface area contributed by atoms with Crippen molar-refractivity contribution in [3.8, 4) is 0 Å². The molecule has 1 rings (SSSR count). The standard InChI is InChI=1S/C17H28NO4P/c1-6-14-18(5)15(4)17(16-12-10-9-11-13-16)22-23(19,20-7-2)21-8-3/h6,9-13,15,17H,1,7-8,14H2,2-5H3. The predicted octanol–water partition coefficient (Wildman–Crippen LogP) is 4.43. The molecule has 1 aromatic carbocycles. The summed E-state index contributed by atoms with van der Waals surface area (Å²) in [6.07, 6.45) is 1.38. The maximum Gasteiger partial charge on any atom is 0.475 e. The molecule has 0 aliphatic carbocycles. The van der Waals surface area contributed by atoms with Crippen LogP contribution in [0.3, 0.4) is 0 Å². The van der Waals surface area contributed by atoms with Crippen molar-refractivity contribution in [3.05, 3.63) is 48.6 Å². The zero-order valence-corrected chi connectivity index (χ0v) is 15.4. The van der Waals surface area contributed by atoms with Gasteiger partial charge in [0.15, 0.2) is 0 Å². The van der Waals surface area contributed by atoms with E-state index < -0.39 is 13.9 Å². The van der Waals surface area contributed by atoms with E-state index in [4.69, 9.17) is 13.6 Å². The van der Waals surface area contributed by atoms with Crippen molar-refractivity contribution in [2.24, 2.45) is 0 Å². The van der Waals surface area contributed by atoms with Gasteiger partial charge in [-0.3, -0.25) is 18.5 Å². The van der Waals surface area contributed by atoms with Crippen LogP contribution in [-0.2, 0) is 18.1 Å². The summed E-state index contributed by atoms with van der Waals surface area (Å²) >= 11 is 0. The van der Waals surface area contributed by atoms with Gasteiger partial charge in [-0.25, -0.2) is 4.57 Å². The van der Waals surface area contributed by atoms with E-state index in [0.29, 0.717) is 6.54 Å². The first-order valence-electron chi connectivity index (χ1n) is 7.91. The maximum atomic E-state index is 12.8. The van der Waals surface area contributed by atoms with Gasteiger partial charge in [-0.15, -0.1) is 6.58 Å². The van der Waals surface area contributed by atoms with Crippen LogP contribution >= 0.6 is 7.82 Å². The predicted molar refractivity (Wildman–Crippen MR) is 93.4 cm³/mol. The Morgan fingerprint density at radius 3 is 2.26 bits per heavy atom. The molecule has 0 aliphatic rings. The molecule has 0 saturated heterocycles. The lowest BCUT2D eigenvalue weighted by Gasteiger charge is -2.33. The van der Waals surface area contributed by atoms with Crippen molar-refractivity contribution in [2.45, 2.75) is 32.9 Å². The number of phosphoric acid groups is 1. The minimum absolute atomic E-state index is 0.0374. The molecule has 1 aromatic rings. The van der Waals surface area contributed by atoms with Crippen LogP contribution in [0.2, 0.25) is 0 Å². The molecule has 0 spiro atoms. The Hall–Kier alpha value is -0.970. The minimum atomic E-state index is -3.61.